The van der Waals surface area contributed by atoms with Gasteiger partial charge in [-0.05, 0) is 115 Å². The molecule has 0 N–H and O–H groups in total. The Morgan fingerprint density at radius 3 is 1.13 bits per heavy atom. The maximum Gasteiger partial charge on any atom is 0.317 e. The molecule has 0 unspecified atom stereocenters. The van der Waals surface area contributed by atoms with Gasteiger partial charge in [-0.3, -0.25) is 23.7 Å². The number of hydrogen-bond acceptors (Lipinski definition) is 3. The summed E-state index contributed by atoms with van der Waals surface area (Å²) in [5.41, 5.74) is 20.8. The molecule has 55 heavy (non-hydrogen) atoms. The topological polar surface area (TPSA) is 30.0 Å². The molecule has 0 aliphatic carbocycles. The van der Waals surface area contributed by atoms with E-state index in [2.05, 4.69) is 195 Å². The molecule has 6 rings (SSSR count). The third-order valence-electron chi connectivity index (χ3n) is 11.2. The summed E-state index contributed by atoms with van der Waals surface area (Å²) in [5, 5.41) is 0. The van der Waals surface area contributed by atoms with Crippen molar-refractivity contribution in [2.45, 2.75) is 121 Å². The van der Waals surface area contributed by atoms with E-state index in [1.165, 1.54) is 55.6 Å². The Kier molecular flexibility index (Phi) is 11.7. The molecule has 0 amide bonds. The normalized spacial score (nSPS) is 15.6. The second kappa shape index (κ2) is 15.9. The SMILES string of the molecule is Cc1cc(C)c(N2C=CN(c3c(C)cc(C)cc3C)C2=C=PP2(=O)N(c3c(C(C)C)cccc3C(C)C)CCN2c2c(C(C)C)cccc2C(C)C)c(C)c1. The van der Waals surface area contributed by atoms with E-state index in [1.54, 1.807) is 0 Å². The number of benzene rings is 4. The molecule has 2 aliphatic rings. The van der Waals surface area contributed by atoms with Gasteiger partial charge in [-0.2, -0.15) is 0 Å². The smallest absolute Gasteiger partial charge is 0.298 e. The highest BCUT2D eigenvalue weighted by molar-refractivity contribution is 8.25. The van der Waals surface area contributed by atoms with Crippen LogP contribution < -0.4 is 19.1 Å². The number of anilines is 4. The third-order valence-corrected chi connectivity index (χ3v) is 16.2. The van der Waals surface area contributed by atoms with Crippen molar-refractivity contribution in [3.63, 3.8) is 0 Å². The van der Waals surface area contributed by atoms with E-state index in [-0.39, 0.29) is 23.7 Å². The predicted molar refractivity (Wildman–Crippen MR) is 242 cm³/mol. The quantitative estimate of drug-likeness (QED) is 0.158. The van der Waals surface area contributed by atoms with Crippen LogP contribution in [0.2, 0.25) is 0 Å². The minimum absolute atomic E-state index is 0.273. The van der Waals surface area contributed by atoms with E-state index in [0.29, 0.717) is 21.0 Å². The molecular formula is C48H62N4OP2. The standard InChI is InChI=1S/C48H62N4OP2/c1-30(2)40-17-15-18-41(31(3)4)47(40)51-23-24-52(48-42(32(5)6)19-16-20-43(48)33(7)8)55(51,53)54-29-44-49(45-36(11)25-34(9)26-37(45)12)21-22-50(44)46-38(13)27-35(10)28-39(46)14/h15-22,25-28,30-33H,23-24H2,1-14H3. The first-order valence-corrected chi connectivity index (χ1v) is 23.4. The Labute approximate surface area is 333 Å². The van der Waals surface area contributed by atoms with E-state index < -0.39 is 7.13 Å². The number of nitrogens with zero attached hydrogens (tertiary/aromatic N) is 4. The average Bonchev–Trinajstić information content (AvgIpc) is 3.65. The molecule has 4 aromatic carbocycles. The summed E-state index contributed by atoms with van der Waals surface area (Å²) in [6.07, 6.45) is 4.33. The Balaban J connectivity index is 1.70. The first-order valence-electron chi connectivity index (χ1n) is 20.2. The molecular weight excluding hydrogens is 711 g/mol. The summed E-state index contributed by atoms with van der Waals surface area (Å²) in [4.78, 5) is 4.55. The van der Waals surface area contributed by atoms with Crippen LogP contribution >= 0.6 is 15.0 Å². The third kappa shape index (κ3) is 7.49. The van der Waals surface area contributed by atoms with Crippen molar-refractivity contribution in [1.82, 2.24) is 0 Å². The van der Waals surface area contributed by atoms with E-state index in [9.17, 15) is 0 Å². The molecule has 0 radical (unpaired) electrons. The summed E-state index contributed by atoms with van der Waals surface area (Å²) >= 11 is 0. The van der Waals surface area contributed by atoms with Gasteiger partial charge in [0, 0.05) is 25.5 Å². The number of para-hydroxylation sites is 2. The number of rotatable bonds is 9. The van der Waals surface area contributed by atoms with Crippen LogP contribution in [0.15, 0.2) is 78.9 Å². The molecule has 2 aliphatic heterocycles. The van der Waals surface area contributed by atoms with Gasteiger partial charge in [0.15, 0.2) is 5.82 Å². The first-order chi connectivity index (χ1) is 26.0. The van der Waals surface area contributed by atoms with Crippen molar-refractivity contribution in [3.8, 4) is 0 Å². The van der Waals surface area contributed by atoms with Crippen molar-refractivity contribution in [1.29, 1.82) is 0 Å². The van der Waals surface area contributed by atoms with Crippen molar-refractivity contribution in [2.24, 2.45) is 0 Å². The summed E-state index contributed by atoms with van der Waals surface area (Å²) < 4.78 is 21.5. The van der Waals surface area contributed by atoms with Gasteiger partial charge in [0.25, 0.3) is 0 Å². The fourth-order valence-corrected chi connectivity index (χ4v) is 13.8. The zero-order chi connectivity index (χ0) is 40.1. The maximum atomic E-state index is 16.9. The molecule has 290 valence electrons. The lowest BCUT2D eigenvalue weighted by atomic mass is 9.92. The predicted octanol–water partition coefficient (Wildman–Crippen LogP) is 14.2. The Morgan fingerprint density at radius 2 is 0.836 bits per heavy atom. The van der Waals surface area contributed by atoms with Crippen LogP contribution in [0.1, 0.15) is 135 Å². The second-order valence-corrected chi connectivity index (χ2v) is 21.6. The average molecular weight is 773 g/mol. The van der Waals surface area contributed by atoms with E-state index in [0.717, 1.165) is 28.6 Å². The van der Waals surface area contributed by atoms with Gasteiger partial charge in [-0.1, -0.05) is 127 Å². The van der Waals surface area contributed by atoms with E-state index in [1.807, 2.05) is 0 Å². The molecule has 0 spiro atoms. The largest absolute Gasteiger partial charge is 0.317 e. The van der Waals surface area contributed by atoms with Gasteiger partial charge in [0.2, 0.25) is 0 Å². The summed E-state index contributed by atoms with van der Waals surface area (Å²) in [6, 6.07) is 22.4. The molecule has 7 heteroatoms. The van der Waals surface area contributed by atoms with Crippen molar-refractivity contribution >= 4 is 43.2 Å². The molecule has 2 heterocycles. The fourth-order valence-electron chi connectivity index (χ4n) is 8.87. The Hall–Kier alpha value is -4.00. The summed E-state index contributed by atoms with van der Waals surface area (Å²) in [5.74, 6) is 1.98. The highest BCUT2D eigenvalue weighted by atomic mass is 32.1. The summed E-state index contributed by atoms with van der Waals surface area (Å²) in [6.45, 7) is 32.5. The summed E-state index contributed by atoms with van der Waals surface area (Å²) in [7, 11) is -2.79. The minimum atomic E-state index is -3.43. The van der Waals surface area contributed by atoms with Gasteiger partial charge >= 0.3 is 7.13 Å². The molecule has 1 fully saturated rings. The molecule has 5 nitrogen and oxygen atoms in total. The van der Waals surface area contributed by atoms with E-state index >= 15 is 4.57 Å². The van der Waals surface area contributed by atoms with Crippen molar-refractivity contribution in [3.05, 3.63) is 135 Å². The maximum absolute atomic E-state index is 16.9. The number of hydrogen-bond donors (Lipinski definition) is 0. The number of aryl methyl sites for hydroxylation is 6. The van der Waals surface area contributed by atoms with Gasteiger partial charge in [0.1, 0.15) is 0 Å². The lowest BCUT2D eigenvalue weighted by molar-refractivity contribution is 0.584. The van der Waals surface area contributed by atoms with E-state index in [4.69, 9.17) is 0 Å². The van der Waals surface area contributed by atoms with Gasteiger partial charge in [-0.15, -0.1) is 0 Å². The van der Waals surface area contributed by atoms with Crippen LogP contribution in [0.25, 0.3) is 0 Å². The second-order valence-electron chi connectivity index (χ2n) is 17.0. The van der Waals surface area contributed by atoms with Crippen LogP contribution in [0, 0.1) is 41.5 Å². The Morgan fingerprint density at radius 1 is 0.527 bits per heavy atom. The van der Waals surface area contributed by atoms with Crippen LogP contribution in [-0.4, -0.2) is 18.5 Å². The molecule has 0 atom stereocenters. The highest BCUT2D eigenvalue weighted by Gasteiger charge is 2.46. The van der Waals surface area contributed by atoms with Crippen LogP contribution in [0.4, 0.5) is 22.7 Å². The zero-order valence-corrected chi connectivity index (χ0v) is 37.5. The van der Waals surface area contributed by atoms with Gasteiger partial charge in [0.05, 0.1) is 30.6 Å². The van der Waals surface area contributed by atoms with Crippen LogP contribution in [-0.2, 0) is 4.57 Å². The Bertz CT molecular complexity index is 2010. The lowest BCUT2D eigenvalue weighted by Gasteiger charge is -2.35. The highest BCUT2D eigenvalue weighted by Crippen LogP contribution is 2.71. The first kappa shape index (κ1) is 40.7. The monoisotopic (exact) mass is 772 g/mol. The van der Waals surface area contributed by atoms with Crippen molar-refractivity contribution in [2.75, 3.05) is 32.2 Å². The van der Waals surface area contributed by atoms with Crippen LogP contribution in [0.5, 0.6) is 0 Å². The zero-order valence-electron chi connectivity index (χ0n) is 35.7. The fraction of sp³-hybridized carbons (Fsp3) is 0.417. The van der Waals surface area contributed by atoms with Gasteiger partial charge in [-0.25, -0.2) is 0 Å². The lowest BCUT2D eigenvalue weighted by Crippen LogP contribution is -2.25. The molecule has 0 bridgehead atoms. The molecule has 4 aromatic rings. The minimum Gasteiger partial charge on any atom is -0.298 e. The molecule has 0 aromatic heterocycles. The molecule has 0 saturated carbocycles. The van der Waals surface area contributed by atoms with Crippen molar-refractivity contribution < 1.29 is 4.57 Å². The van der Waals surface area contributed by atoms with Crippen LogP contribution in [0.3, 0.4) is 0 Å². The van der Waals surface area contributed by atoms with Gasteiger partial charge < -0.3 is 0 Å². The molecule has 1 saturated heterocycles.